The highest BCUT2D eigenvalue weighted by Crippen LogP contribution is 2.50. The number of Topliss-reactive ketones (excluding diaryl/α,β-unsaturated/α-hetero) is 1. The molecule has 1 unspecified atom stereocenters. The second-order valence-electron chi connectivity index (χ2n) is 10.7. The van der Waals surface area contributed by atoms with Crippen molar-refractivity contribution in [3.63, 3.8) is 0 Å². The molecule has 2 aliphatic rings. The molecule has 5 rings (SSSR count). The van der Waals surface area contributed by atoms with Crippen molar-refractivity contribution in [1.82, 2.24) is 10.2 Å². The Labute approximate surface area is 255 Å². The molecule has 1 aliphatic heterocycles. The summed E-state index contributed by atoms with van der Waals surface area (Å²) in [6.07, 6.45) is 1.87. The summed E-state index contributed by atoms with van der Waals surface area (Å²) in [5.41, 5.74) is 10.8. The maximum atomic E-state index is 13.7. The second kappa shape index (κ2) is 11.8. The number of nitrogens with one attached hydrogen (secondary N) is 1. The molecule has 1 amide bonds. The lowest BCUT2D eigenvalue weighted by molar-refractivity contribution is -0.118. The van der Waals surface area contributed by atoms with Crippen LogP contribution in [0.25, 0.3) is 0 Å². The number of hydrogen-bond acceptors (Lipinski definition) is 9. The Bertz CT molecular complexity index is 1620. The Balaban J connectivity index is 1.47. The molecular formula is C30H29BrN6O2S2. The molecular weight excluding hydrogens is 620 g/mol. The predicted molar refractivity (Wildman–Crippen MR) is 166 cm³/mol. The molecule has 3 aromatic rings. The number of nitrogens with zero attached hydrogens (tertiary/aromatic N) is 4. The molecule has 1 aromatic heterocycles. The number of rotatable bonds is 7. The quantitative estimate of drug-likeness (QED) is 0.277. The van der Waals surface area contributed by atoms with E-state index < -0.39 is 5.92 Å². The maximum absolute atomic E-state index is 13.7. The fraction of sp³-hybridized carbons (Fsp3) is 0.300. The minimum atomic E-state index is -0.538. The number of carbonyl (C=O) groups is 2. The molecule has 41 heavy (non-hydrogen) atoms. The monoisotopic (exact) mass is 648 g/mol. The first kappa shape index (κ1) is 29.0. The van der Waals surface area contributed by atoms with Gasteiger partial charge < -0.3 is 11.1 Å². The summed E-state index contributed by atoms with van der Waals surface area (Å²) >= 11 is 5.97. The first-order chi connectivity index (χ1) is 19.6. The van der Waals surface area contributed by atoms with Crippen LogP contribution in [0.2, 0.25) is 0 Å². The average molecular weight is 650 g/mol. The van der Waals surface area contributed by atoms with E-state index in [9.17, 15) is 14.9 Å². The minimum Gasteiger partial charge on any atom is -0.384 e. The molecule has 2 aromatic carbocycles. The Kier molecular flexibility index (Phi) is 8.36. The highest BCUT2D eigenvalue weighted by atomic mass is 79.9. The van der Waals surface area contributed by atoms with E-state index in [1.807, 2.05) is 48.5 Å². The smallest absolute Gasteiger partial charge is 0.234 e. The summed E-state index contributed by atoms with van der Waals surface area (Å²) in [5, 5.41) is 22.3. The van der Waals surface area contributed by atoms with Crippen molar-refractivity contribution >= 4 is 61.5 Å². The van der Waals surface area contributed by atoms with Gasteiger partial charge in [-0.15, -0.1) is 10.2 Å². The van der Waals surface area contributed by atoms with Gasteiger partial charge in [-0.2, -0.15) is 5.26 Å². The second-order valence-corrected chi connectivity index (χ2v) is 13.8. The molecule has 210 valence electrons. The Morgan fingerprint density at radius 1 is 1.22 bits per heavy atom. The van der Waals surface area contributed by atoms with Gasteiger partial charge in [-0.1, -0.05) is 80.3 Å². The number of para-hydroxylation sites is 1. The molecule has 1 atom stereocenters. The summed E-state index contributed by atoms with van der Waals surface area (Å²) < 4.78 is 1.38. The van der Waals surface area contributed by atoms with Gasteiger partial charge in [0.15, 0.2) is 10.1 Å². The molecule has 11 heteroatoms. The van der Waals surface area contributed by atoms with Crippen LogP contribution >= 0.6 is 39.0 Å². The standard InChI is InChI=1S/C30H29BrN6O2S2/c1-4-17-9-11-18(12-10-17)25-19(15-32)27(33)37(22-13-30(2,3)14-23(38)26(22)25)28-35-36-29(41-28)40-16-24(39)34-21-8-6-5-7-20(21)31/h5-12,25H,4,13-14,16,33H2,1-3H3,(H,34,39). The van der Waals surface area contributed by atoms with Gasteiger partial charge in [0.1, 0.15) is 5.82 Å². The van der Waals surface area contributed by atoms with Crippen LogP contribution in [0.15, 0.2) is 80.0 Å². The van der Waals surface area contributed by atoms with Gasteiger partial charge in [-0.3, -0.25) is 14.5 Å². The van der Waals surface area contributed by atoms with Gasteiger partial charge in [0.05, 0.1) is 29.0 Å². The summed E-state index contributed by atoms with van der Waals surface area (Å²) in [5.74, 6) is -0.317. The van der Waals surface area contributed by atoms with Crippen molar-refractivity contribution in [2.45, 2.75) is 50.3 Å². The highest BCUT2D eigenvalue weighted by molar-refractivity contribution is 9.10. The number of halogens is 1. The Hall–Kier alpha value is -3.46. The van der Waals surface area contributed by atoms with E-state index >= 15 is 0 Å². The third-order valence-electron chi connectivity index (χ3n) is 7.16. The molecule has 3 N–H and O–H groups in total. The third-order valence-corrected chi connectivity index (χ3v) is 9.90. The van der Waals surface area contributed by atoms with E-state index in [0.717, 1.165) is 22.2 Å². The van der Waals surface area contributed by atoms with Crippen LogP contribution in [0.1, 0.15) is 50.7 Å². The van der Waals surface area contributed by atoms with Crippen molar-refractivity contribution in [2.75, 3.05) is 16.0 Å². The fourth-order valence-corrected chi connectivity index (χ4v) is 7.30. The molecule has 0 saturated heterocycles. The largest absolute Gasteiger partial charge is 0.384 e. The van der Waals surface area contributed by atoms with Gasteiger partial charge in [-0.05, 0) is 57.4 Å². The Morgan fingerprint density at radius 2 is 1.95 bits per heavy atom. The van der Waals surface area contributed by atoms with Gasteiger partial charge in [0.25, 0.3) is 0 Å². The molecule has 8 nitrogen and oxygen atoms in total. The summed E-state index contributed by atoms with van der Waals surface area (Å²) in [6, 6.07) is 17.7. The number of aromatic nitrogens is 2. The van der Waals surface area contributed by atoms with E-state index in [4.69, 9.17) is 5.73 Å². The van der Waals surface area contributed by atoms with Crippen LogP contribution in [-0.2, 0) is 16.0 Å². The number of hydrogen-bond donors (Lipinski definition) is 2. The van der Waals surface area contributed by atoms with Crippen LogP contribution in [0.3, 0.4) is 0 Å². The lowest BCUT2D eigenvalue weighted by atomic mass is 9.68. The fourth-order valence-electron chi connectivity index (χ4n) is 5.23. The molecule has 0 radical (unpaired) electrons. The molecule has 0 fully saturated rings. The van der Waals surface area contributed by atoms with Gasteiger partial charge in [-0.25, -0.2) is 0 Å². The molecule has 0 saturated carbocycles. The van der Waals surface area contributed by atoms with E-state index in [1.54, 1.807) is 4.90 Å². The topological polar surface area (TPSA) is 125 Å². The molecule has 0 spiro atoms. The number of allylic oxidation sites excluding steroid dienone is 3. The Morgan fingerprint density at radius 3 is 2.63 bits per heavy atom. The van der Waals surface area contributed by atoms with Crippen molar-refractivity contribution in [1.29, 1.82) is 5.26 Å². The van der Waals surface area contributed by atoms with E-state index in [1.165, 1.54) is 28.7 Å². The summed E-state index contributed by atoms with van der Waals surface area (Å²) in [6.45, 7) is 6.20. The number of anilines is 2. The minimum absolute atomic E-state index is 0.00826. The lowest BCUT2D eigenvalue weighted by Crippen LogP contribution is -2.42. The third kappa shape index (κ3) is 5.96. The number of amides is 1. The van der Waals surface area contributed by atoms with E-state index in [0.29, 0.717) is 39.1 Å². The maximum Gasteiger partial charge on any atom is 0.234 e. The van der Waals surface area contributed by atoms with Gasteiger partial charge in [0, 0.05) is 22.2 Å². The first-order valence-corrected chi connectivity index (χ1v) is 15.8. The number of nitrogens with two attached hydrogens (primary N) is 1. The lowest BCUT2D eigenvalue weighted by Gasteiger charge is -2.42. The van der Waals surface area contributed by atoms with E-state index in [-0.39, 0.29) is 28.7 Å². The van der Waals surface area contributed by atoms with Crippen molar-refractivity contribution in [2.24, 2.45) is 11.1 Å². The van der Waals surface area contributed by atoms with Crippen molar-refractivity contribution in [3.8, 4) is 6.07 Å². The average Bonchev–Trinajstić information content (AvgIpc) is 3.40. The normalized spacial score (nSPS) is 18.3. The van der Waals surface area contributed by atoms with Crippen LogP contribution < -0.4 is 16.0 Å². The zero-order chi connectivity index (χ0) is 29.3. The predicted octanol–water partition coefficient (Wildman–Crippen LogP) is 6.53. The SMILES string of the molecule is CCc1ccc(C2C(C#N)=C(N)N(c3nnc(SCC(=O)Nc4ccccc4Br)s3)C3=C2C(=O)CC(C)(C)C3)cc1. The highest BCUT2D eigenvalue weighted by Gasteiger charge is 2.45. The van der Waals surface area contributed by atoms with Crippen LogP contribution in [0.4, 0.5) is 10.8 Å². The van der Waals surface area contributed by atoms with Crippen LogP contribution in [0.5, 0.6) is 0 Å². The number of thioether (sulfide) groups is 1. The van der Waals surface area contributed by atoms with Crippen molar-refractivity contribution < 1.29 is 9.59 Å². The number of aryl methyl sites for hydroxylation is 1. The number of ketones is 1. The van der Waals surface area contributed by atoms with Crippen LogP contribution in [-0.4, -0.2) is 27.6 Å². The van der Waals surface area contributed by atoms with E-state index in [2.05, 4.69) is 58.3 Å². The van der Waals surface area contributed by atoms with Crippen LogP contribution in [0, 0.1) is 16.7 Å². The number of benzene rings is 2. The first-order valence-electron chi connectivity index (χ1n) is 13.2. The van der Waals surface area contributed by atoms with Crippen molar-refractivity contribution in [3.05, 3.63) is 86.8 Å². The van der Waals surface area contributed by atoms with Gasteiger partial charge >= 0.3 is 0 Å². The molecule has 2 heterocycles. The summed E-state index contributed by atoms with van der Waals surface area (Å²) in [7, 11) is 0. The summed E-state index contributed by atoms with van der Waals surface area (Å²) in [4.78, 5) is 28.0. The zero-order valence-electron chi connectivity index (χ0n) is 22.9. The number of nitriles is 1. The molecule has 0 bridgehead atoms. The molecule has 1 aliphatic carbocycles. The van der Waals surface area contributed by atoms with Gasteiger partial charge in [0.2, 0.25) is 11.0 Å². The number of carbonyl (C=O) groups excluding carboxylic acids is 2. The zero-order valence-corrected chi connectivity index (χ0v) is 26.1.